The van der Waals surface area contributed by atoms with Gasteiger partial charge in [0.25, 0.3) is 5.56 Å². The molecule has 2 N–H and O–H groups in total. The predicted molar refractivity (Wildman–Crippen MR) is 77.2 cm³/mol. The Morgan fingerprint density at radius 3 is 2.52 bits per heavy atom. The minimum Gasteiger partial charge on any atom is -0.480 e. The molecule has 0 amide bonds. The fourth-order valence-corrected chi connectivity index (χ4v) is 3.16. The van der Waals surface area contributed by atoms with Gasteiger partial charge >= 0.3 is 11.9 Å². The molecule has 0 aromatic carbocycles. The number of fused-ring (bicyclic) bond motifs is 1. The van der Waals surface area contributed by atoms with E-state index in [-0.39, 0.29) is 17.4 Å². The lowest BCUT2D eigenvalue weighted by Gasteiger charge is -2.17. The Kier molecular flexibility index (Phi) is 4.08. The maximum Gasteiger partial charge on any atom is 0.337 e. The first-order valence-electron chi connectivity index (χ1n) is 6.41. The molecule has 0 aliphatic heterocycles. The van der Waals surface area contributed by atoms with E-state index in [0.29, 0.717) is 17.1 Å². The zero-order valence-corrected chi connectivity index (χ0v) is 12.3. The summed E-state index contributed by atoms with van der Waals surface area (Å²) in [6.07, 6.45) is 0.594. The molecular weight excluding hydrogens is 296 g/mol. The number of carboxylic acid groups (broad SMARTS) is 2. The third kappa shape index (κ3) is 2.42. The summed E-state index contributed by atoms with van der Waals surface area (Å²) < 4.78 is 1.10. The van der Waals surface area contributed by atoms with Gasteiger partial charge in [-0.3, -0.25) is 9.36 Å². The molecule has 7 nitrogen and oxygen atoms in total. The van der Waals surface area contributed by atoms with Crippen molar-refractivity contribution in [2.45, 2.75) is 32.7 Å². The molecule has 0 saturated heterocycles. The van der Waals surface area contributed by atoms with E-state index in [0.717, 1.165) is 15.9 Å². The van der Waals surface area contributed by atoms with Gasteiger partial charge in [0.2, 0.25) is 0 Å². The number of hydrogen-bond donors (Lipinski definition) is 2. The summed E-state index contributed by atoms with van der Waals surface area (Å²) in [5, 5.41) is 19.7. The Bertz CT molecular complexity index is 777. The number of hydrogen-bond acceptors (Lipinski definition) is 5. The molecule has 2 heterocycles. The Labute approximate surface area is 123 Å². The van der Waals surface area contributed by atoms with Gasteiger partial charge in [0, 0.05) is 11.8 Å². The Morgan fingerprint density at radius 2 is 2.05 bits per heavy atom. The molecule has 0 bridgehead atoms. The van der Waals surface area contributed by atoms with Gasteiger partial charge < -0.3 is 10.2 Å². The highest BCUT2D eigenvalue weighted by Gasteiger charge is 2.25. The summed E-state index contributed by atoms with van der Waals surface area (Å²) in [6.45, 7) is 3.42. The zero-order chi connectivity index (χ0) is 15.7. The molecule has 0 spiro atoms. The van der Waals surface area contributed by atoms with Crippen LogP contribution in [0.25, 0.3) is 10.2 Å². The number of aryl methyl sites for hydroxylation is 1. The average molecular weight is 310 g/mol. The minimum atomic E-state index is -1.22. The van der Waals surface area contributed by atoms with Crippen molar-refractivity contribution >= 4 is 33.5 Å². The van der Waals surface area contributed by atoms with Crippen LogP contribution in [0.5, 0.6) is 0 Å². The fourth-order valence-electron chi connectivity index (χ4n) is 2.24. The summed E-state index contributed by atoms with van der Waals surface area (Å²) in [7, 11) is 0. The summed E-state index contributed by atoms with van der Waals surface area (Å²) in [5.41, 5.74) is -0.742. The van der Waals surface area contributed by atoms with Crippen molar-refractivity contribution in [3.8, 4) is 0 Å². The van der Waals surface area contributed by atoms with Crippen molar-refractivity contribution in [1.29, 1.82) is 0 Å². The lowest BCUT2D eigenvalue weighted by molar-refractivity contribution is -0.141. The molecule has 0 aliphatic carbocycles. The second-order valence-electron chi connectivity index (χ2n) is 4.45. The second kappa shape index (κ2) is 5.65. The minimum absolute atomic E-state index is 0.0237. The van der Waals surface area contributed by atoms with Crippen LogP contribution in [0.1, 0.15) is 42.5 Å². The maximum absolute atomic E-state index is 12.6. The number of aromatic carboxylic acids is 1. The van der Waals surface area contributed by atoms with Gasteiger partial charge in [-0.15, -0.1) is 11.3 Å². The summed E-state index contributed by atoms with van der Waals surface area (Å²) >= 11 is 1.07. The van der Waals surface area contributed by atoms with E-state index in [2.05, 4.69) is 4.98 Å². The van der Waals surface area contributed by atoms with E-state index < -0.39 is 23.5 Å². The van der Waals surface area contributed by atoms with Crippen LogP contribution in [0.2, 0.25) is 0 Å². The van der Waals surface area contributed by atoms with Gasteiger partial charge in [-0.2, -0.15) is 0 Å². The summed E-state index contributed by atoms with van der Waals surface area (Å²) in [6, 6.07) is -1.05. The first kappa shape index (κ1) is 15.2. The van der Waals surface area contributed by atoms with E-state index >= 15 is 0 Å². The molecular formula is C13H14N2O5S. The predicted octanol–water partition coefficient (Wildman–Crippen LogP) is 1.75. The third-order valence-electron chi connectivity index (χ3n) is 3.24. The van der Waals surface area contributed by atoms with Gasteiger partial charge in [-0.1, -0.05) is 13.8 Å². The van der Waals surface area contributed by atoms with Crippen LogP contribution < -0.4 is 5.56 Å². The summed E-state index contributed by atoms with van der Waals surface area (Å²) in [5.74, 6) is -2.01. The first-order valence-corrected chi connectivity index (χ1v) is 7.29. The number of nitrogens with zero attached hydrogens (tertiary/aromatic N) is 2. The molecule has 0 saturated carbocycles. The van der Waals surface area contributed by atoms with Crippen molar-refractivity contribution in [3.05, 3.63) is 27.1 Å². The molecule has 1 unspecified atom stereocenters. The number of carbonyl (C=O) groups is 2. The van der Waals surface area contributed by atoms with Crippen molar-refractivity contribution in [3.63, 3.8) is 0 Å². The second-order valence-corrected chi connectivity index (χ2v) is 5.31. The number of thiophene rings is 1. The van der Waals surface area contributed by atoms with Gasteiger partial charge in [-0.05, 0) is 6.42 Å². The number of aliphatic carboxylic acids is 1. The van der Waals surface area contributed by atoms with Crippen molar-refractivity contribution in [2.75, 3.05) is 0 Å². The van der Waals surface area contributed by atoms with Crippen LogP contribution in [-0.4, -0.2) is 31.7 Å². The lowest BCUT2D eigenvalue weighted by atomic mass is 10.2. The Morgan fingerprint density at radius 1 is 1.38 bits per heavy atom. The van der Waals surface area contributed by atoms with Crippen LogP contribution in [0.4, 0.5) is 0 Å². The maximum atomic E-state index is 12.6. The van der Waals surface area contributed by atoms with Crippen LogP contribution in [0.3, 0.4) is 0 Å². The molecule has 2 aromatic rings. The van der Waals surface area contributed by atoms with Crippen molar-refractivity contribution in [1.82, 2.24) is 9.55 Å². The van der Waals surface area contributed by atoms with E-state index in [1.54, 1.807) is 13.8 Å². The highest BCUT2D eigenvalue weighted by Crippen LogP contribution is 2.23. The topological polar surface area (TPSA) is 109 Å². The van der Waals surface area contributed by atoms with Crippen LogP contribution in [0.15, 0.2) is 10.2 Å². The van der Waals surface area contributed by atoms with Gasteiger partial charge in [0.1, 0.15) is 16.7 Å². The van der Waals surface area contributed by atoms with E-state index in [1.165, 1.54) is 5.38 Å². The quantitative estimate of drug-likeness (QED) is 0.870. The highest BCUT2D eigenvalue weighted by atomic mass is 32.1. The van der Waals surface area contributed by atoms with Gasteiger partial charge in [0.05, 0.1) is 10.9 Å². The van der Waals surface area contributed by atoms with Crippen LogP contribution in [0, 0.1) is 0 Å². The van der Waals surface area contributed by atoms with Crippen LogP contribution >= 0.6 is 11.3 Å². The molecule has 112 valence electrons. The van der Waals surface area contributed by atoms with E-state index in [9.17, 15) is 19.5 Å². The van der Waals surface area contributed by atoms with Crippen LogP contribution in [-0.2, 0) is 11.2 Å². The molecule has 2 aromatic heterocycles. The summed E-state index contributed by atoms with van der Waals surface area (Å²) in [4.78, 5) is 39.7. The van der Waals surface area contributed by atoms with E-state index in [4.69, 9.17) is 5.11 Å². The van der Waals surface area contributed by atoms with E-state index in [1.807, 2.05) is 0 Å². The molecule has 2 rings (SSSR count). The highest BCUT2D eigenvalue weighted by molar-refractivity contribution is 7.17. The largest absolute Gasteiger partial charge is 0.480 e. The van der Waals surface area contributed by atoms with Gasteiger partial charge in [0.15, 0.2) is 0 Å². The molecule has 1 atom stereocenters. The molecule has 8 heteroatoms. The fraction of sp³-hybridized carbons (Fsp3) is 0.385. The number of carboxylic acids is 2. The first-order chi connectivity index (χ1) is 9.92. The standard InChI is InChI=1S/C13H14N2O5S/c1-3-7(13(19)20)15-8(4-2)14-10-9(11(15)16)6(5-21-10)12(17)18/h5,7H,3-4H2,1-2H3,(H,17,18)(H,19,20). The average Bonchev–Trinajstić information content (AvgIpc) is 2.85. The normalized spacial score (nSPS) is 12.5. The van der Waals surface area contributed by atoms with Crippen molar-refractivity contribution < 1.29 is 19.8 Å². The molecule has 0 aliphatic rings. The molecule has 21 heavy (non-hydrogen) atoms. The third-order valence-corrected chi connectivity index (χ3v) is 4.12. The Balaban J connectivity index is 2.88. The lowest BCUT2D eigenvalue weighted by Crippen LogP contribution is -2.33. The number of aromatic nitrogens is 2. The molecule has 0 fully saturated rings. The van der Waals surface area contributed by atoms with Crippen molar-refractivity contribution in [2.24, 2.45) is 0 Å². The Hall–Kier alpha value is -2.22. The SMILES string of the molecule is CCc1nc2scc(C(=O)O)c2c(=O)n1C(CC)C(=O)O. The smallest absolute Gasteiger partial charge is 0.337 e. The molecule has 0 radical (unpaired) electrons. The van der Waals surface area contributed by atoms with Gasteiger partial charge in [-0.25, -0.2) is 14.6 Å². The number of rotatable bonds is 5. The zero-order valence-electron chi connectivity index (χ0n) is 11.5. The monoisotopic (exact) mass is 310 g/mol.